The maximum absolute atomic E-state index is 13.3. The number of likely N-dealkylation sites (tertiary alicyclic amines) is 1. The van der Waals surface area contributed by atoms with Gasteiger partial charge >= 0.3 is 5.97 Å². The van der Waals surface area contributed by atoms with Crippen LogP contribution in [0.5, 0.6) is 0 Å². The summed E-state index contributed by atoms with van der Waals surface area (Å²) < 4.78 is 2.19. The van der Waals surface area contributed by atoms with E-state index in [0.29, 0.717) is 36.0 Å². The fraction of sp³-hybridized carbons (Fsp3) is 0.636. The number of rotatable bonds is 7. The highest BCUT2D eigenvalue weighted by atomic mass is 79.9. The normalized spacial score (nSPS) is 26.2. The Kier molecular flexibility index (Phi) is 12.3. The van der Waals surface area contributed by atoms with Gasteiger partial charge in [-0.05, 0) is 120 Å². The molecule has 1 amide bonds. The molecule has 2 aliphatic carbocycles. The van der Waals surface area contributed by atoms with Gasteiger partial charge in [-0.2, -0.15) is 0 Å². The van der Waals surface area contributed by atoms with Crippen LogP contribution in [0.15, 0.2) is 38.9 Å². The zero-order valence-electron chi connectivity index (χ0n) is 24.4. The van der Waals surface area contributed by atoms with Gasteiger partial charge in [0.1, 0.15) is 0 Å². The molecular formula is C33H45Br2ClN2O3. The van der Waals surface area contributed by atoms with Gasteiger partial charge < -0.3 is 15.3 Å². The largest absolute Gasteiger partial charge is 0.481 e. The van der Waals surface area contributed by atoms with E-state index in [1.807, 2.05) is 19.9 Å². The average molecular weight is 713 g/mol. The van der Waals surface area contributed by atoms with E-state index in [9.17, 15) is 9.59 Å². The second kappa shape index (κ2) is 15.4. The molecule has 0 aromatic heterocycles. The number of aryl methyl sites for hydroxylation is 1. The summed E-state index contributed by atoms with van der Waals surface area (Å²) in [5.41, 5.74) is 4.16. The lowest BCUT2D eigenvalue weighted by atomic mass is 9.73. The van der Waals surface area contributed by atoms with Crippen LogP contribution >= 0.6 is 43.5 Å². The minimum atomic E-state index is -0.699. The molecule has 41 heavy (non-hydrogen) atoms. The van der Waals surface area contributed by atoms with Crippen LogP contribution in [0, 0.1) is 17.8 Å². The molecule has 5 nitrogen and oxygen atoms in total. The number of hydrogen-bond donors (Lipinski definition) is 2. The molecule has 0 bridgehead atoms. The van der Waals surface area contributed by atoms with Crippen LogP contribution in [0.3, 0.4) is 0 Å². The number of carboxylic acid groups (broad SMARTS) is 1. The monoisotopic (exact) mass is 710 g/mol. The number of carbonyl (C=O) groups is 2. The first-order valence-electron chi connectivity index (χ1n) is 15.6. The molecule has 4 aliphatic rings. The first kappa shape index (κ1) is 32.6. The molecule has 2 unspecified atom stereocenters. The van der Waals surface area contributed by atoms with E-state index in [4.69, 9.17) is 16.7 Å². The van der Waals surface area contributed by atoms with Crippen LogP contribution in [0.2, 0.25) is 5.02 Å². The summed E-state index contributed by atoms with van der Waals surface area (Å²) >= 11 is 14.0. The van der Waals surface area contributed by atoms with Gasteiger partial charge in [-0.3, -0.25) is 9.59 Å². The Balaban J connectivity index is 0.00000189. The fourth-order valence-corrected chi connectivity index (χ4v) is 9.03. The van der Waals surface area contributed by atoms with E-state index in [0.717, 1.165) is 91.3 Å². The highest BCUT2D eigenvalue weighted by Crippen LogP contribution is 2.47. The molecule has 2 aliphatic heterocycles. The molecule has 2 atom stereocenters. The average Bonchev–Trinajstić information content (AvgIpc) is 3.12. The molecular weight excluding hydrogens is 668 g/mol. The van der Waals surface area contributed by atoms with E-state index >= 15 is 0 Å². The van der Waals surface area contributed by atoms with Crippen molar-refractivity contribution in [1.29, 1.82) is 0 Å². The Morgan fingerprint density at radius 1 is 1.02 bits per heavy atom. The van der Waals surface area contributed by atoms with Crippen LogP contribution in [0.25, 0.3) is 0 Å². The van der Waals surface area contributed by atoms with E-state index in [2.05, 4.69) is 60.4 Å². The van der Waals surface area contributed by atoms with Crippen LogP contribution in [0.1, 0.15) is 102 Å². The summed E-state index contributed by atoms with van der Waals surface area (Å²) in [5.74, 6) is 1.53. The van der Waals surface area contributed by atoms with Gasteiger partial charge in [0, 0.05) is 52.0 Å². The van der Waals surface area contributed by atoms with Crippen LogP contribution in [-0.4, -0.2) is 41.0 Å². The molecule has 5 rings (SSSR count). The van der Waals surface area contributed by atoms with Crippen LogP contribution < -0.4 is 5.32 Å². The molecule has 2 fully saturated rings. The van der Waals surface area contributed by atoms with E-state index < -0.39 is 5.97 Å². The number of benzene rings is 1. The predicted octanol–water partition coefficient (Wildman–Crippen LogP) is 8.98. The van der Waals surface area contributed by atoms with Crippen molar-refractivity contribution < 1.29 is 14.7 Å². The number of fused-ring (bicyclic) bond motifs is 2. The Bertz CT molecular complexity index is 1140. The Morgan fingerprint density at radius 3 is 2.39 bits per heavy atom. The molecule has 2 N–H and O–H groups in total. The number of nitrogens with one attached hydrogen (secondary N) is 1. The maximum atomic E-state index is 13.3. The van der Waals surface area contributed by atoms with E-state index in [1.54, 1.807) is 0 Å². The van der Waals surface area contributed by atoms with Gasteiger partial charge in [0.05, 0.1) is 6.04 Å². The summed E-state index contributed by atoms with van der Waals surface area (Å²) in [4.78, 5) is 26.2. The predicted molar refractivity (Wildman–Crippen MR) is 174 cm³/mol. The third kappa shape index (κ3) is 8.41. The van der Waals surface area contributed by atoms with Gasteiger partial charge in [-0.1, -0.05) is 54.2 Å². The first-order valence-corrected chi connectivity index (χ1v) is 17.5. The summed E-state index contributed by atoms with van der Waals surface area (Å²) in [6.45, 7) is 5.66. The summed E-state index contributed by atoms with van der Waals surface area (Å²) in [6, 6.07) is 4.44. The Hall–Kier alpha value is -1.31. The first-order chi connectivity index (χ1) is 19.8. The Morgan fingerprint density at radius 2 is 1.71 bits per heavy atom. The van der Waals surface area contributed by atoms with Gasteiger partial charge in [0.25, 0.3) is 0 Å². The van der Waals surface area contributed by atoms with Crippen molar-refractivity contribution in [3.63, 3.8) is 0 Å². The number of hydrogen-bond acceptors (Lipinski definition) is 3. The van der Waals surface area contributed by atoms with Crippen molar-refractivity contribution in [2.45, 2.75) is 103 Å². The van der Waals surface area contributed by atoms with E-state index in [1.165, 1.54) is 16.7 Å². The minimum absolute atomic E-state index is 0.253. The van der Waals surface area contributed by atoms with Crippen molar-refractivity contribution in [1.82, 2.24) is 10.2 Å². The van der Waals surface area contributed by atoms with E-state index in [-0.39, 0.29) is 12.5 Å². The van der Waals surface area contributed by atoms with Crippen LogP contribution in [-0.2, 0) is 16.0 Å². The number of dihydropyridines is 1. The van der Waals surface area contributed by atoms with Crippen LogP contribution in [0.4, 0.5) is 0 Å². The van der Waals surface area contributed by atoms with Crippen molar-refractivity contribution in [2.75, 3.05) is 13.1 Å². The summed E-state index contributed by atoms with van der Waals surface area (Å²) in [7, 11) is 0. The third-order valence-corrected chi connectivity index (χ3v) is 10.8. The van der Waals surface area contributed by atoms with Crippen molar-refractivity contribution in [3.05, 3.63) is 55.1 Å². The lowest BCUT2D eigenvalue weighted by molar-refractivity contribution is -0.137. The number of nitrogens with zero attached hydrogens (tertiary/aromatic N) is 1. The molecule has 1 saturated carbocycles. The number of piperidine rings is 1. The number of carboxylic acids is 1. The van der Waals surface area contributed by atoms with Gasteiger partial charge in [-0.25, -0.2) is 0 Å². The summed E-state index contributed by atoms with van der Waals surface area (Å²) in [6.07, 6.45) is 15.6. The summed E-state index contributed by atoms with van der Waals surface area (Å²) in [5, 5.41) is 13.4. The third-order valence-electron chi connectivity index (χ3n) is 9.51. The molecule has 1 aromatic rings. The number of halogens is 3. The number of amides is 1. The van der Waals surface area contributed by atoms with Gasteiger partial charge in [0.15, 0.2) is 0 Å². The quantitative estimate of drug-likeness (QED) is 0.296. The highest BCUT2D eigenvalue weighted by Gasteiger charge is 2.40. The van der Waals surface area contributed by atoms with Crippen molar-refractivity contribution in [2.24, 2.45) is 17.8 Å². The van der Waals surface area contributed by atoms with Gasteiger partial charge in [0.2, 0.25) is 5.91 Å². The number of aliphatic carboxylic acids is 1. The second-order valence-electron chi connectivity index (χ2n) is 12.0. The lowest BCUT2D eigenvalue weighted by Gasteiger charge is -2.41. The maximum Gasteiger partial charge on any atom is 0.303 e. The van der Waals surface area contributed by atoms with Crippen molar-refractivity contribution in [3.8, 4) is 0 Å². The molecule has 0 radical (unpaired) electrons. The highest BCUT2D eigenvalue weighted by molar-refractivity contribution is 9.12. The molecule has 8 heteroatoms. The zero-order valence-corrected chi connectivity index (χ0v) is 28.4. The topological polar surface area (TPSA) is 69.6 Å². The zero-order chi connectivity index (χ0) is 29.5. The van der Waals surface area contributed by atoms with Crippen molar-refractivity contribution >= 4 is 55.3 Å². The SMILES string of the molecule is CC.O=C(O)CCCC1CCC(CC(=O)N2CCC(C3c4c(Br)cc(Cl)cc4CCC4=CC(Br)=CNC43)CC2)CC1. The Labute approximate surface area is 267 Å². The van der Waals surface area contributed by atoms with Gasteiger partial charge in [-0.15, -0.1) is 0 Å². The standard InChI is InChI=1S/C31H39Br2ClN2O3.C2H6/c32-24-15-23-9-8-22-16-25(34)17-26(33)29(22)30(31(23)35-18-24)21-10-12-36(13-11-21)27(37)14-20-6-4-19(5-7-20)2-1-3-28(38)39;1-2/h15-21,30-31,35H,1-14H2,(H,38,39);1-2H3. The molecule has 1 aromatic carbocycles. The molecule has 226 valence electrons. The number of carbonyl (C=O) groups excluding carboxylic acids is 1. The molecule has 2 heterocycles. The second-order valence-corrected chi connectivity index (χ2v) is 14.2. The molecule has 1 saturated heterocycles. The fourth-order valence-electron chi connectivity index (χ4n) is 7.47. The lowest BCUT2D eigenvalue weighted by Crippen LogP contribution is -2.44. The number of allylic oxidation sites excluding steroid dienone is 2. The minimum Gasteiger partial charge on any atom is -0.481 e. The molecule has 0 spiro atoms. The smallest absolute Gasteiger partial charge is 0.303 e.